The Balaban J connectivity index is 1.64. The molecular formula is C18H24N4O. The molecule has 0 bridgehead atoms. The third-order valence-corrected chi connectivity index (χ3v) is 5.44. The molecule has 5 nitrogen and oxygen atoms in total. The normalized spacial score (nSPS) is 21.7. The highest BCUT2D eigenvalue weighted by atomic mass is 16.1. The van der Waals surface area contributed by atoms with Crippen molar-refractivity contribution in [2.24, 2.45) is 0 Å². The Morgan fingerprint density at radius 1 is 1.22 bits per heavy atom. The molecule has 1 N–H and O–H groups in total. The van der Waals surface area contributed by atoms with E-state index in [9.17, 15) is 4.79 Å². The lowest BCUT2D eigenvalue weighted by Crippen LogP contribution is -2.61. The molecule has 1 aliphatic carbocycles. The highest BCUT2D eigenvalue weighted by Crippen LogP contribution is 2.35. The highest BCUT2D eigenvalue weighted by Gasteiger charge is 2.39. The first-order valence-electron chi connectivity index (χ1n) is 8.70. The molecule has 0 unspecified atom stereocenters. The molecular weight excluding hydrogens is 288 g/mol. The van der Waals surface area contributed by atoms with Crippen LogP contribution in [0.3, 0.4) is 0 Å². The highest BCUT2D eigenvalue weighted by molar-refractivity contribution is 5.38. The number of aromatic nitrogens is 2. The zero-order valence-corrected chi connectivity index (χ0v) is 13.5. The van der Waals surface area contributed by atoms with E-state index in [1.165, 1.54) is 32.1 Å². The van der Waals surface area contributed by atoms with E-state index in [2.05, 4.69) is 10.2 Å². The summed E-state index contributed by atoms with van der Waals surface area (Å²) in [4.78, 5) is 19.6. The predicted octanol–water partition coefficient (Wildman–Crippen LogP) is 1.80. The number of fused-ring (bicyclic) bond motifs is 1. The zero-order valence-electron chi connectivity index (χ0n) is 13.5. The second-order valence-corrected chi connectivity index (χ2v) is 6.90. The third-order valence-electron chi connectivity index (χ3n) is 5.44. The van der Waals surface area contributed by atoms with E-state index in [0.29, 0.717) is 0 Å². The summed E-state index contributed by atoms with van der Waals surface area (Å²) in [7, 11) is 0. The zero-order chi connectivity index (χ0) is 15.7. The molecule has 2 aromatic rings. The maximum Gasteiger partial charge on any atom is 0.258 e. The molecule has 0 amide bonds. The molecule has 2 fully saturated rings. The number of nitrogens with one attached hydrogen (secondary N) is 1. The molecule has 1 spiro atoms. The van der Waals surface area contributed by atoms with Crippen molar-refractivity contribution >= 4 is 5.65 Å². The summed E-state index contributed by atoms with van der Waals surface area (Å²) in [6.45, 7) is 3.91. The van der Waals surface area contributed by atoms with Gasteiger partial charge in [0, 0.05) is 44.0 Å². The largest absolute Gasteiger partial charge is 0.314 e. The lowest BCUT2D eigenvalue weighted by Gasteiger charge is -2.49. The van der Waals surface area contributed by atoms with Crippen molar-refractivity contribution in [3.63, 3.8) is 0 Å². The first kappa shape index (κ1) is 14.8. The SMILES string of the molecule is O=c1cc(CN2CCNCC23CCCCC3)nc2ccccn12. The van der Waals surface area contributed by atoms with Crippen LogP contribution in [0.2, 0.25) is 0 Å². The topological polar surface area (TPSA) is 49.6 Å². The second-order valence-electron chi connectivity index (χ2n) is 6.90. The molecule has 23 heavy (non-hydrogen) atoms. The molecule has 1 aliphatic heterocycles. The van der Waals surface area contributed by atoms with Crippen LogP contribution in [0.1, 0.15) is 37.8 Å². The van der Waals surface area contributed by atoms with Crippen molar-refractivity contribution in [3.8, 4) is 0 Å². The van der Waals surface area contributed by atoms with Gasteiger partial charge in [0.05, 0.1) is 5.69 Å². The van der Waals surface area contributed by atoms with E-state index >= 15 is 0 Å². The van der Waals surface area contributed by atoms with Gasteiger partial charge in [-0.1, -0.05) is 25.3 Å². The molecule has 0 atom stereocenters. The van der Waals surface area contributed by atoms with Crippen LogP contribution in [0.15, 0.2) is 35.3 Å². The average Bonchev–Trinajstić information content (AvgIpc) is 2.58. The van der Waals surface area contributed by atoms with Crippen molar-refractivity contribution in [3.05, 3.63) is 46.5 Å². The minimum absolute atomic E-state index is 0.0124. The number of nitrogens with zero attached hydrogens (tertiary/aromatic N) is 3. The van der Waals surface area contributed by atoms with Gasteiger partial charge in [0.25, 0.3) is 5.56 Å². The molecule has 2 aromatic heterocycles. The fraction of sp³-hybridized carbons (Fsp3) is 0.556. The molecule has 1 saturated heterocycles. The minimum Gasteiger partial charge on any atom is -0.314 e. The molecule has 3 heterocycles. The van der Waals surface area contributed by atoms with E-state index < -0.39 is 0 Å². The minimum atomic E-state index is 0.0124. The van der Waals surface area contributed by atoms with Gasteiger partial charge in [0.15, 0.2) is 0 Å². The standard InChI is InChI=1S/C18H24N4O/c23-17-12-15(20-16-6-2-5-10-22(16)17)13-21-11-9-19-14-18(21)7-3-1-4-8-18/h2,5-6,10,12,19H,1,3-4,7-9,11,13-14H2. The van der Waals surface area contributed by atoms with Crippen LogP contribution in [-0.4, -0.2) is 39.5 Å². The van der Waals surface area contributed by atoms with Crippen LogP contribution in [0.4, 0.5) is 0 Å². The van der Waals surface area contributed by atoms with Gasteiger partial charge in [0.1, 0.15) is 5.65 Å². The average molecular weight is 312 g/mol. The molecule has 5 heteroatoms. The predicted molar refractivity (Wildman–Crippen MR) is 90.6 cm³/mol. The Bertz CT molecular complexity index is 740. The quantitative estimate of drug-likeness (QED) is 0.919. The lowest BCUT2D eigenvalue weighted by atomic mass is 9.79. The molecule has 0 aromatic carbocycles. The first-order valence-corrected chi connectivity index (χ1v) is 8.70. The van der Waals surface area contributed by atoms with E-state index in [0.717, 1.165) is 37.5 Å². The maximum absolute atomic E-state index is 12.3. The van der Waals surface area contributed by atoms with E-state index in [4.69, 9.17) is 4.98 Å². The maximum atomic E-state index is 12.3. The van der Waals surface area contributed by atoms with Crippen molar-refractivity contribution in [2.75, 3.05) is 19.6 Å². The summed E-state index contributed by atoms with van der Waals surface area (Å²) < 4.78 is 1.61. The summed E-state index contributed by atoms with van der Waals surface area (Å²) in [6, 6.07) is 7.40. The van der Waals surface area contributed by atoms with Crippen LogP contribution in [0.5, 0.6) is 0 Å². The van der Waals surface area contributed by atoms with E-state index in [1.807, 2.05) is 18.2 Å². The molecule has 0 radical (unpaired) electrons. The fourth-order valence-electron chi connectivity index (χ4n) is 4.21. The summed E-state index contributed by atoms with van der Waals surface area (Å²) in [5, 5.41) is 3.57. The number of hydrogen-bond donors (Lipinski definition) is 1. The van der Waals surface area contributed by atoms with Gasteiger partial charge in [-0.05, 0) is 25.0 Å². The van der Waals surface area contributed by atoms with Gasteiger partial charge >= 0.3 is 0 Å². The summed E-state index contributed by atoms with van der Waals surface area (Å²) >= 11 is 0. The molecule has 122 valence electrons. The van der Waals surface area contributed by atoms with Crippen LogP contribution in [-0.2, 0) is 6.54 Å². The molecule has 2 aliphatic rings. The van der Waals surface area contributed by atoms with Gasteiger partial charge < -0.3 is 5.32 Å². The van der Waals surface area contributed by atoms with E-state index in [1.54, 1.807) is 16.7 Å². The van der Waals surface area contributed by atoms with Gasteiger partial charge in [-0.3, -0.25) is 14.1 Å². The third kappa shape index (κ3) is 2.79. The summed E-state index contributed by atoms with van der Waals surface area (Å²) in [6.07, 6.45) is 8.27. The van der Waals surface area contributed by atoms with Crippen molar-refractivity contribution in [1.29, 1.82) is 0 Å². The van der Waals surface area contributed by atoms with Crippen LogP contribution in [0.25, 0.3) is 5.65 Å². The number of pyridine rings is 1. The van der Waals surface area contributed by atoms with Crippen molar-refractivity contribution in [1.82, 2.24) is 19.6 Å². The van der Waals surface area contributed by atoms with Crippen LogP contribution in [0, 0.1) is 0 Å². The first-order chi connectivity index (χ1) is 11.3. The number of rotatable bonds is 2. The molecule has 4 rings (SSSR count). The Morgan fingerprint density at radius 2 is 2.09 bits per heavy atom. The monoisotopic (exact) mass is 312 g/mol. The van der Waals surface area contributed by atoms with Gasteiger partial charge in [-0.2, -0.15) is 0 Å². The Labute approximate surface area is 136 Å². The second kappa shape index (κ2) is 6.06. The van der Waals surface area contributed by atoms with Crippen LogP contribution >= 0.6 is 0 Å². The fourth-order valence-corrected chi connectivity index (χ4v) is 4.21. The number of hydrogen-bond acceptors (Lipinski definition) is 4. The van der Waals surface area contributed by atoms with E-state index in [-0.39, 0.29) is 11.1 Å². The van der Waals surface area contributed by atoms with Gasteiger partial charge in [-0.15, -0.1) is 0 Å². The summed E-state index contributed by atoms with van der Waals surface area (Å²) in [5.41, 5.74) is 1.91. The van der Waals surface area contributed by atoms with Crippen LogP contribution < -0.4 is 10.9 Å². The lowest BCUT2D eigenvalue weighted by molar-refractivity contribution is 0.0199. The van der Waals surface area contributed by atoms with Gasteiger partial charge in [0.2, 0.25) is 0 Å². The Hall–Kier alpha value is -1.72. The smallest absolute Gasteiger partial charge is 0.258 e. The van der Waals surface area contributed by atoms with Crippen molar-refractivity contribution in [2.45, 2.75) is 44.2 Å². The molecule has 1 saturated carbocycles. The number of piperazine rings is 1. The van der Waals surface area contributed by atoms with Crippen molar-refractivity contribution < 1.29 is 0 Å². The Kier molecular flexibility index (Phi) is 3.91. The Morgan fingerprint density at radius 3 is 2.96 bits per heavy atom. The summed E-state index contributed by atoms with van der Waals surface area (Å²) in [5.74, 6) is 0. The van der Waals surface area contributed by atoms with Gasteiger partial charge in [-0.25, -0.2) is 4.98 Å².